The van der Waals surface area contributed by atoms with Gasteiger partial charge in [-0.2, -0.15) is 8.78 Å². The number of hydrogen-bond acceptors (Lipinski definition) is 4. The topological polar surface area (TPSA) is 91.8 Å². The molecule has 0 saturated heterocycles. The number of para-hydroxylation sites is 1. The molecule has 0 spiro atoms. The van der Waals surface area contributed by atoms with Crippen LogP contribution in [0, 0.1) is 12.7 Å². The van der Waals surface area contributed by atoms with Gasteiger partial charge in [0.2, 0.25) is 10.0 Å². The molecule has 164 valence electrons. The summed E-state index contributed by atoms with van der Waals surface area (Å²) >= 11 is 0. The molecule has 0 atom stereocenters. The predicted molar refractivity (Wildman–Crippen MR) is 110 cm³/mol. The quantitative estimate of drug-likeness (QED) is 0.409. The summed E-state index contributed by atoms with van der Waals surface area (Å²) in [6.45, 7) is -1.22. The molecule has 3 N–H and O–H groups in total. The third-order valence-electron chi connectivity index (χ3n) is 3.97. The molecular weight excluding hydrogens is 421 g/mol. The fourth-order valence-electron chi connectivity index (χ4n) is 2.45. The third kappa shape index (κ3) is 7.47. The molecule has 0 heterocycles. The molecule has 11 heteroatoms. The second kappa shape index (κ2) is 10.7. The number of ether oxygens (including phenoxy) is 1. The number of hydrogen-bond donors (Lipinski definition) is 3. The highest BCUT2D eigenvalue weighted by Gasteiger charge is 2.13. The van der Waals surface area contributed by atoms with E-state index in [1.165, 1.54) is 25.2 Å². The van der Waals surface area contributed by atoms with E-state index in [0.717, 1.165) is 6.07 Å². The number of alkyl halides is 2. The van der Waals surface area contributed by atoms with Gasteiger partial charge in [-0.15, -0.1) is 0 Å². The average Bonchev–Trinajstić information content (AvgIpc) is 2.67. The van der Waals surface area contributed by atoms with Crippen molar-refractivity contribution in [1.82, 2.24) is 10.6 Å². The Balaban J connectivity index is 1.86. The number of benzene rings is 2. The Bertz CT molecular complexity index is 985. The first-order valence-corrected chi connectivity index (χ1v) is 10.6. The smallest absolute Gasteiger partial charge is 0.387 e. The van der Waals surface area contributed by atoms with E-state index in [0.29, 0.717) is 11.1 Å². The summed E-state index contributed by atoms with van der Waals surface area (Å²) in [7, 11) is -2.24. The van der Waals surface area contributed by atoms with Gasteiger partial charge in [0.1, 0.15) is 11.6 Å². The van der Waals surface area contributed by atoms with Crippen molar-refractivity contribution in [2.75, 3.05) is 24.1 Å². The van der Waals surface area contributed by atoms with E-state index in [1.807, 2.05) is 0 Å². The Labute approximate surface area is 173 Å². The molecule has 0 saturated carbocycles. The van der Waals surface area contributed by atoms with Gasteiger partial charge < -0.3 is 15.4 Å². The molecule has 0 aliphatic rings. The van der Waals surface area contributed by atoms with Gasteiger partial charge in [0.25, 0.3) is 0 Å². The van der Waals surface area contributed by atoms with E-state index in [4.69, 9.17) is 0 Å². The van der Waals surface area contributed by atoms with E-state index in [2.05, 4.69) is 25.1 Å². The van der Waals surface area contributed by atoms with E-state index >= 15 is 0 Å². The number of aliphatic imine (C=N–C) groups is 1. The maximum atomic E-state index is 13.6. The van der Waals surface area contributed by atoms with Crippen molar-refractivity contribution in [3.63, 3.8) is 0 Å². The number of rotatable bonds is 9. The summed E-state index contributed by atoms with van der Waals surface area (Å²) in [5.74, 6) is -0.492. The molecule has 2 rings (SSSR count). The number of sulfonamides is 1. The van der Waals surface area contributed by atoms with Gasteiger partial charge in [-0.1, -0.05) is 24.3 Å². The number of halogens is 3. The fraction of sp³-hybridized carbons (Fsp3) is 0.316. The second-order valence-electron chi connectivity index (χ2n) is 6.22. The lowest BCUT2D eigenvalue weighted by Crippen LogP contribution is -2.39. The Morgan fingerprint density at radius 1 is 1.17 bits per heavy atom. The SMILES string of the molecule is CN=C(NCCS(=O)(=O)Nc1ccc(C)c(F)c1)NCc1ccccc1OC(F)F. The van der Waals surface area contributed by atoms with Crippen molar-refractivity contribution in [3.8, 4) is 5.75 Å². The molecule has 0 aromatic heterocycles. The van der Waals surface area contributed by atoms with E-state index < -0.39 is 22.5 Å². The minimum atomic E-state index is -3.72. The van der Waals surface area contributed by atoms with Gasteiger partial charge in [-0.25, -0.2) is 12.8 Å². The van der Waals surface area contributed by atoms with Crippen molar-refractivity contribution >= 4 is 21.7 Å². The molecule has 0 unspecified atom stereocenters. The molecule has 0 aliphatic heterocycles. The molecule has 2 aromatic carbocycles. The first kappa shape index (κ1) is 23.3. The first-order valence-electron chi connectivity index (χ1n) is 8.94. The number of guanidine groups is 1. The van der Waals surface area contributed by atoms with Crippen molar-refractivity contribution in [2.45, 2.75) is 20.1 Å². The number of anilines is 1. The summed E-state index contributed by atoms with van der Waals surface area (Å²) in [6.07, 6.45) is 0. The highest BCUT2D eigenvalue weighted by molar-refractivity contribution is 7.92. The van der Waals surface area contributed by atoms with Crippen LogP contribution in [0.25, 0.3) is 0 Å². The average molecular weight is 444 g/mol. The zero-order valence-electron chi connectivity index (χ0n) is 16.5. The molecule has 0 aliphatic carbocycles. The summed E-state index contributed by atoms with van der Waals surface area (Å²) in [5, 5.41) is 5.72. The van der Waals surface area contributed by atoms with Crippen LogP contribution in [0.4, 0.5) is 18.9 Å². The monoisotopic (exact) mass is 444 g/mol. The lowest BCUT2D eigenvalue weighted by molar-refractivity contribution is -0.0504. The van der Waals surface area contributed by atoms with Crippen LogP contribution >= 0.6 is 0 Å². The van der Waals surface area contributed by atoms with Crippen LogP contribution < -0.4 is 20.1 Å². The summed E-state index contributed by atoms with van der Waals surface area (Å²) in [5.41, 5.74) is 1.03. The maximum Gasteiger partial charge on any atom is 0.387 e. The van der Waals surface area contributed by atoms with E-state index in [1.54, 1.807) is 25.1 Å². The molecule has 0 bridgehead atoms. The van der Waals surface area contributed by atoms with Crippen LogP contribution in [0.2, 0.25) is 0 Å². The van der Waals surface area contributed by atoms with Gasteiger partial charge in [0.05, 0.1) is 11.4 Å². The summed E-state index contributed by atoms with van der Waals surface area (Å²) in [6, 6.07) is 10.4. The molecule has 0 amide bonds. The normalized spacial score (nSPS) is 12.0. The molecular formula is C19H23F3N4O3S. The molecule has 2 aromatic rings. The Hall–Kier alpha value is -2.95. The van der Waals surface area contributed by atoms with E-state index in [9.17, 15) is 21.6 Å². The highest BCUT2D eigenvalue weighted by atomic mass is 32.2. The Morgan fingerprint density at radius 2 is 1.90 bits per heavy atom. The first-order chi connectivity index (χ1) is 14.2. The minimum Gasteiger partial charge on any atom is -0.434 e. The van der Waals surface area contributed by atoms with E-state index in [-0.39, 0.29) is 36.2 Å². The lowest BCUT2D eigenvalue weighted by atomic mass is 10.2. The van der Waals surface area contributed by atoms with Crippen LogP contribution in [-0.2, 0) is 16.6 Å². The highest BCUT2D eigenvalue weighted by Crippen LogP contribution is 2.20. The van der Waals surface area contributed by atoms with Crippen molar-refractivity contribution in [2.24, 2.45) is 4.99 Å². The number of aryl methyl sites for hydroxylation is 1. The molecule has 0 fully saturated rings. The zero-order chi connectivity index (χ0) is 22.1. The summed E-state index contributed by atoms with van der Waals surface area (Å²) < 4.78 is 69.6. The van der Waals surface area contributed by atoms with Gasteiger partial charge >= 0.3 is 6.61 Å². The van der Waals surface area contributed by atoms with Gasteiger partial charge in [0, 0.05) is 25.7 Å². The lowest BCUT2D eigenvalue weighted by Gasteiger charge is -2.15. The van der Waals surface area contributed by atoms with Crippen molar-refractivity contribution in [3.05, 3.63) is 59.4 Å². The third-order valence-corrected chi connectivity index (χ3v) is 5.26. The summed E-state index contributed by atoms with van der Waals surface area (Å²) in [4.78, 5) is 3.96. The molecule has 0 radical (unpaired) electrons. The van der Waals surface area contributed by atoms with Crippen LogP contribution in [0.5, 0.6) is 5.75 Å². The van der Waals surface area contributed by atoms with Gasteiger partial charge in [-0.05, 0) is 30.7 Å². The molecule has 30 heavy (non-hydrogen) atoms. The maximum absolute atomic E-state index is 13.6. The Morgan fingerprint density at radius 3 is 2.57 bits per heavy atom. The standard InChI is InChI=1S/C19H23F3N4O3S/c1-13-7-8-15(11-16(13)20)26-30(27,28)10-9-24-19(23-2)25-12-14-5-3-4-6-17(14)29-18(21)22/h3-8,11,18,26H,9-10,12H2,1-2H3,(H2,23,24,25). The van der Waals surface area contributed by atoms with Crippen molar-refractivity contribution in [1.29, 1.82) is 0 Å². The van der Waals surface area contributed by atoms with Gasteiger partial charge in [0.15, 0.2) is 5.96 Å². The minimum absolute atomic E-state index is 0.0124. The van der Waals surface area contributed by atoms with Crippen LogP contribution in [-0.4, -0.2) is 40.3 Å². The van der Waals surface area contributed by atoms with Crippen molar-refractivity contribution < 1.29 is 26.3 Å². The second-order valence-corrected chi connectivity index (χ2v) is 8.07. The Kier molecular flexibility index (Phi) is 8.34. The fourth-order valence-corrected chi connectivity index (χ4v) is 3.41. The largest absolute Gasteiger partial charge is 0.434 e. The van der Waals surface area contributed by atoms with Gasteiger partial charge in [-0.3, -0.25) is 9.71 Å². The predicted octanol–water partition coefficient (Wildman–Crippen LogP) is 2.84. The van der Waals surface area contributed by atoms with Crippen LogP contribution in [0.1, 0.15) is 11.1 Å². The zero-order valence-corrected chi connectivity index (χ0v) is 17.3. The number of nitrogens with one attached hydrogen (secondary N) is 3. The van der Waals surface area contributed by atoms with Crippen LogP contribution in [0.3, 0.4) is 0 Å². The van der Waals surface area contributed by atoms with Crippen LogP contribution in [0.15, 0.2) is 47.5 Å². The number of nitrogens with zero attached hydrogens (tertiary/aromatic N) is 1. The molecule has 7 nitrogen and oxygen atoms in total.